The molecule has 0 bridgehead atoms. The fourth-order valence-electron chi connectivity index (χ4n) is 4.03. The topological polar surface area (TPSA) is 65.1 Å². The summed E-state index contributed by atoms with van der Waals surface area (Å²) < 4.78 is 78.8. The van der Waals surface area contributed by atoms with E-state index in [0.717, 1.165) is 6.07 Å². The maximum absolute atomic E-state index is 14.4. The van der Waals surface area contributed by atoms with Crippen LogP contribution in [0.4, 0.5) is 26.3 Å². The molecule has 4 rings (SSSR count). The summed E-state index contributed by atoms with van der Waals surface area (Å²) in [6, 6.07) is 7.33. The molecule has 3 N–H and O–H groups in total. The predicted octanol–water partition coefficient (Wildman–Crippen LogP) is 4.79. The molecule has 3 aromatic rings. The number of H-pyrrole nitrogens is 1. The fourth-order valence-corrected chi connectivity index (χ4v) is 4.03. The third-order valence-electron chi connectivity index (χ3n) is 5.76. The molecule has 170 valence electrons. The van der Waals surface area contributed by atoms with Crippen LogP contribution in [0.25, 0.3) is 22.2 Å². The third kappa shape index (κ3) is 4.19. The van der Waals surface area contributed by atoms with E-state index >= 15 is 0 Å². The Balaban J connectivity index is 1.59. The largest absolute Gasteiger partial charge is 0.416 e. The Bertz CT molecular complexity index is 1150. The van der Waals surface area contributed by atoms with Crippen molar-refractivity contribution in [3.05, 3.63) is 59.4 Å². The quantitative estimate of drug-likeness (QED) is 0.484. The molecule has 4 nitrogen and oxygen atoms in total. The second kappa shape index (κ2) is 8.16. The fraction of sp³-hybridized carbons (Fsp3) is 0.318. The van der Waals surface area contributed by atoms with E-state index in [1.807, 2.05) is 0 Å². The summed E-state index contributed by atoms with van der Waals surface area (Å²) in [5.41, 5.74) is 1.63. The lowest BCUT2D eigenvalue weighted by Crippen LogP contribution is -2.45. The number of carbonyl (C=O) groups is 1. The van der Waals surface area contributed by atoms with Crippen LogP contribution < -0.4 is 5.32 Å². The molecule has 0 saturated heterocycles. The van der Waals surface area contributed by atoms with Gasteiger partial charge in [0.25, 0.3) is 0 Å². The van der Waals surface area contributed by atoms with Crippen LogP contribution in [0.15, 0.2) is 36.4 Å². The van der Waals surface area contributed by atoms with E-state index in [4.69, 9.17) is 5.11 Å². The van der Waals surface area contributed by atoms with Crippen molar-refractivity contribution in [2.75, 3.05) is 6.54 Å². The highest BCUT2D eigenvalue weighted by molar-refractivity contribution is 5.92. The van der Waals surface area contributed by atoms with Crippen molar-refractivity contribution in [1.82, 2.24) is 10.3 Å². The van der Waals surface area contributed by atoms with E-state index < -0.39 is 48.1 Å². The summed E-state index contributed by atoms with van der Waals surface area (Å²) in [6.07, 6.45) is -7.01. The summed E-state index contributed by atoms with van der Waals surface area (Å²) in [4.78, 5) is 15.1. The zero-order chi connectivity index (χ0) is 23.2. The zero-order valence-corrected chi connectivity index (χ0v) is 16.4. The Kier molecular flexibility index (Phi) is 5.66. The predicted molar refractivity (Wildman–Crippen MR) is 104 cm³/mol. The average molecular weight is 456 g/mol. The summed E-state index contributed by atoms with van der Waals surface area (Å²) in [6.45, 7) is -0.951. The maximum atomic E-state index is 14.4. The van der Waals surface area contributed by atoms with Crippen LogP contribution in [0.3, 0.4) is 0 Å². The van der Waals surface area contributed by atoms with Crippen LogP contribution in [-0.4, -0.2) is 34.8 Å². The molecule has 32 heavy (non-hydrogen) atoms. The van der Waals surface area contributed by atoms with Crippen molar-refractivity contribution in [2.24, 2.45) is 5.92 Å². The summed E-state index contributed by atoms with van der Waals surface area (Å²) in [5, 5.41) is 11.4. The molecule has 1 fully saturated rings. The van der Waals surface area contributed by atoms with Gasteiger partial charge in [-0.2, -0.15) is 13.2 Å². The van der Waals surface area contributed by atoms with Crippen molar-refractivity contribution < 1.29 is 36.2 Å². The van der Waals surface area contributed by atoms with Crippen molar-refractivity contribution in [2.45, 2.75) is 31.0 Å². The number of benzene rings is 2. The Morgan fingerprint density at radius 2 is 1.75 bits per heavy atom. The molecule has 1 aliphatic rings. The van der Waals surface area contributed by atoms with Crippen molar-refractivity contribution in [3.8, 4) is 11.3 Å². The first-order valence-corrected chi connectivity index (χ1v) is 9.83. The van der Waals surface area contributed by atoms with Gasteiger partial charge in [0.2, 0.25) is 5.91 Å². The molecule has 1 saturated carbocycles. The number of alkyl halides is 3. The monoisotopic (exact) mass is 456 g/mol. The summed E-state index contributed by atoms with van der Waals surface area (Å²) >= 11 is 0. The Labute approximate surface area is 178 Å². The minimum atomic E-state index is -4.84. The van der Waals surface area contributed by atoms with Gasteiger partial charge in [-0.3, -0.25) is 4.79 Å². The van der Waals surface area contributed by atoms with Gasteiger partial charge in [-0.25, -0.2) is 13.2 Å². The molecule has 1 aliphatic carbocycles. The molecule has 1 heterocycles. The Morgan fingerprint density at radius 3 is 2.38 bits per heavy atom. The number of hydrogen-bond acceptors (Lipinski definition) is 2. The standard InChI is InChI=1S/C22H18F6N2O2/c23-13-3-1-10(2-4-13)19-18(15-7-14(24)8-16(25)20(15)30-19)11-5-12(6-11)21(32)29-9-17(31)22(26,27)28/h1-4,7-8,11-12,17,30-31H,5-6,9H2,(H,29,32)/t11-,12-,17-/m1/s1. The van der Waals surface area contributed by atoms with Crippen molar-refractivity contribution in [3.63, 3.8) is 0 Å². The number of amides is 1. The van der Waals surface area contributed by atoms with Gasteiger partial charge in [-0.15, -0.1) is 0 Å². The van der Waals surface area contributed by atoms with Crippen LogP contribution >= 0.6 is 0 Å². The number of rotatable bonds is 5. The number of carbonyl (C=O) groups excluding carboxylic acids is 1. The van der Waals surface area contributed by atoms with Gasteiger partial charge in [-0.05, 0) is 60.2 Å². The number of nitrogens with one attached hydrogen (secondary N) is 2. The van der Waals surface area contributed by atoms with Crippen molar-refractivity contribution >= 4 is 16.8 Å². The number of aliphatic hydroxyl groups excluding tert-OH is 1. The van der Waals surface area contributed by atoms with Gasteiger partial charge < -0.3 is 15.4 Å². The first-order valence-electron chi connectivity index (χ1n) is 9.83. The summed E-state index contributed by atoms with van der Waals surface area (Å²) in [5.74, 6) is -3.59. The van der Waals surface area contributed by atoms with E-state index in [0.29, 0.717) is 16.8 Å². The van der Waals surface area contributed by atoms with E-state index in [-0.39, 0.29) is 29.7 Å². The van der Waals surface area contributed by atoms with Crippen LogP contribution in [0.2, 0.25) is 0 Å². The lowest BCUT2D eigenvalue weighted by atomic mass is 9.70. The van der Waals surface area contributed by atoms with E-state index in [1.54, 1.807) is 0 Å². The molecule has 0 spiro atoms. The van der Waals surface area contributed by atoms with Crippen LogP contribution in [0.5, 0.6) is 0 Å². The first-order chi connectivity index (χ1) is 15.0. The SMILES string of the molecule is O=C(NC[C@@H](O)C(F)(F)F)[C@H]1C[C@H](c2c(-c3ccc(F)cc3)[nH]c3c(F)cc(F)cc32)C1. The molecule has 0 aliphatic heterocycles. The van der Waals surface area contributed by atoms with Gasteiger partial charge in [-0.1, -0.05) is 0 Å². The van der Waals surface area contributed by atoms with Gasteiger partial charge in [0, 0.05) is 17.4 Å². The molecule has 1 atom stereocenters. The minimum Gasteiger partial charge on any atom is -0.382 e. The highest BCUT2D eigenvalue weighted by atomic mass is 19.4. The van der Waals surface area contributed by atoms with Crippen LogP contribution in [-0.2, 0) is 4.79 Å². The highest BCUT2D eigenvalue weighted by Gasteiger charge is 2.41. The smallest absolute Gasteiger partial charge is 0.382 e. The van der Waals surface area contributed by atoms with E-state index in [1.165, 1.54) is 30.3 Å². The van der Waals surface area contributed by atoms with E-state index in [2.05, 4.69) is 10.3 Å². The Hall–Kier alpha value is -3.01. The van der Waals surface area contributed by atoms with Gasteiger partial charge in [0.15, 0.2) is 6.10 Å². The molecule has 1 aromatic heterocycles. The second-order valence-electron chi connectivity index (χ2n) is 7.90. The molecule has 0 radical (unpaired) electrons. The van der Waals surface area contributed by atoms with Crippen molar-refractivity contribution in [1.29, 1.82) is 0 Å². The van der Waals surface area contributed by atoms with Crippen LogP contribution in [0, 0.1) is 23.4 Å². The molecule has 1 amide bonds. The summed E-state index contributed by atoms with van der Waals surface area (Å²) in [7, 11) is 0. The minimum absolute atomic E-state index is 0.0712. The normalized spacial score (nSPS) is 19.6. The van der Waals surface area contributed by atoms with Gasteiger partial charge in [0.1, 0.15) is 17.5 Å². The lowest BCUT2D eigenvalue weighted by Gasteiger charge is -2.35. The van der Waals surface area contributed by atoms with Crippen LogP contribution in [0.1, 0.15) is 24.3 Å². The number of fused-ring (bicyclic) bond motifs is 1. The second-order valence-corrected chi connectivity index (χ2v) is 7.90. The van der Waals surface area contributed by atoms with Gasteiger partial charge >= 0.3 is 6.18 Å². The third-order valence-corrected chi connectivity index (χ3v) is 5.76. The number of aromatic amines is 1. The molecular formula is C22H18F6N2O2. The molecule has 10 heteroatoms. The Morgan fingerprint density at radius 1 is 1.09 bits per heavy atom. The first kappa shape index (κ1) is 22.2. The number of aliphatic hydroxyl groups is 1. The average Bonchev–Trinajstić information content (AvgIpc) is 3.04. The maximum Gasteiger partial charge on any atom is 0.416 e. The van der Waals surface area contributed by atoms with E-state index in [9.17, 15) is 31.1 Å². The number of hydrogen-bond donors (Lipinski definition) is 3. The zero-order valence-electron chi connectivity index (χ0n) is 16.4. The molecular weight excluding hydrogens is 438 g/mol. The number of halogens is 6. The molecule has 2 aromatic carbocycles. The molecule has 0 unspecified atom stereocenters. The van der Waals surface area contributed by atoms with Gasteiger partial charge in [0.05, 0.1) is 17.8 Å². The lowest BCUT2D eigenvalue weighted by molar-refractivity contribution is -0.202. The highest BCUT2D eigenvalue weighted by Crippen LogP contribution is 2.48. The number of aromatic nitrogens is 1.